The Labute approximate surface area is 125 Å². The van der Waals surface area contributed by atoms with Gasteiger partial charge >= 0.3 is 0 Å². The first-order valence-electron chi connectivity index (χ1n) is 8.89. The molecule has 2 atom stereocenters. The van der Waals surface area contributed by atoms with Crippen LogP contribution in [0.25, 0.3) is 0 Å². The third kappa shape index (κ3) is 4.44. The second-order valence-corrected chi connectivity index (χ2v) is 7.04. The zero-order chi connectivity index (χ0) is 14.4. The first-order chi connectivity index (χ1) is 9.74. The average Bonchev–Trinajstić information content (AvgIpc) is 2.67. The molecule has 1 aliphatic carbocycles. The lowest BCUT2D eigenvalue weighted by molar-refractivity contribution is 0.107. The molecule has 0 spiro atoms. The van der Waals surface area contributed by atoms with Crippen LogP contribution in [0.5, 0.6) is 0 Å². The van der Waals surface area contributed by atoms with Crippen LogP contribution in [-0.2, 0) is 0 Å². The van der Waals surface area contributed by atoms with Gasteiger partial charge in [0, 0.05) is 31.7 Å². The van der Waals surface area contributed by atoms with E-state index in [4.69, 9.17) is 5.73 Å². The van der Waals surface area contributed by atoms with Crippen molar-refractivity contribution in [1.82, 2.24) is 9.80 Å². The van der Waals surface area contributed by atoms with Gasteiger partial charge in [0.25, 0.3) is 0 Å². The second kappa shape index (κ2) is 8.35. The predicted molar refractivity (Wildman–Crippen MR) is 86.9 cm³/mol. The summed E-state index contributed by atoms with van der Waals surface area (Å²) < 4.78 is 0. The van der Waals surface area contributed by atoms with Gasteiger partial charge in [-0.1, -0.05) is 39.0 Å². The minimum atomic E-state index is 0.620. The largest absolute Gasteiger partial charge is 0.329 e. The zero-order valence-electron chi connectivity index (χ0n) is 13.7. The van der Waals surface area contributed by atoms with Gasteiger partial charge < -0.3 is 10.6 Å². The molecule has 3 heteroatoms. The van der Waals surface area contributed by atoms with Gasteiger partial charge in [0.15, 0.2) is 0 Å². The molecule has 0 bridgehead atoms. The zero-order valence-corrected chi connectivity index (χ0v) is 13.7. The van der Waals surface area contributed by atoms with Crippen molar-refractivity contribution in [1.29, 1.82) is 0 Å². The molecule has 0 aromatic heterocycles. The van der Waals surface area contributed by atoms with E-state index in [1.165, 1.54) is 71.0 Å². The van der Waals surface area contributed by atoms with Crippen LogP contribution < -0.4 is 5.73 Å². The molecule has 1 aliphatic heterocycles. The highest BCUT2D eigenvalue weighted by Gasteiger charge is 2.29. The van der Waals surface area contributed by atoms with E-state index in [0.717, 1.165) is 12.5 Å². The highest BCUT2D eigenvalue weighted by molar-refractivity contribution is 4.85. The first-order valence-corrected chi connectivity index (χ1v) is 8.89. The standard InChI is InChI=1S/C17H35N3/c1-3-16-14-19(2)10-7-11-20(16)17(13-18)12-15-8-5-4-6-9-15/h15-17H,3-14,18H2,1-2H3. The van der Waals surface area contributed by atoms with Gasteiger partial charge in [-0.05, 0) is 38.8 Å². The molecule has 2 N–H and O–H groups in total. The second-order valence-electron chi connectivity index (χ2n) is 7.04. The van der Waals surface area contributed by atoms with Crippen LogP contribution in [-0.4, -0.2) is 55.1 Å². The van der Waals surface area contributed by atoms with Crippen LogP contribution in [0.1, 0.15) is 58.3 Å². The Hall–Kier alpha value is -0.120. The summed E-state index contributed by atoms with van der Waals surface area (Å²) in [5, 5.41) is 0. The fourth-order valence-electron chi connectivity index (χ4n) is 4.28. The Morgan fingerprint density at radius 3 is 2.50 bits per heavy atom. The summed E-state index contributed by atoms with van der Waals surface area (Å²) in [4.78, 5) is 5.26. The van der Waals surface area contributed by atoms with Gasteiger partial charge in [-0.2, -0.15) is 0 Å². The summed E-state index contributed by atoms with van der Waals surface area (Å²) >= 11 is 0. The summed E-state index contributed by atoms with van der Waals surface area (Å²) in [5.41, 5.74) is 6.17. The molecule has 20 heavy (non-hydrogen) atoms. The van der Waals surface area contributed by atoms with Gasteiger partial charge in [0.2, 0.25) is 0 Å². The SMILES string of the molecule is CCC1CN(C)CCCN1C(CN)CC1CCCCC1. The molecule has 118 valence electrons. The molecular formula is C17H35N3. The molecule has 2 rings (SSSR count). The molecular weight excluding hydrogens is 246 g/mol. The number of likely N-dealkylation sites (N-methyl/N-ethyl adjacent to an activating group) is 1. The summed E-state index contributed by atoms with van der Waals surface area (Å²) in [6.45, 7) is 6.89. The quantitative estimate of drug-likeness (QED) is 0.841. The van der Waals surface area contributed by atoms with E-state index in [-0.39, 0.29) is 0 Å². The molecule has 0 aromatic carbocycles. The first kappa shape index (κ1) is 16.3. The van der Waals surface area contributed by atoms with Gasteiger partial charge in [-0.25, -0.2) is 0 Å². The summed E-state index contributed by atoms with van der Waals surface area (Å²) in [6.07, 6.45) is 11.1. The molecule has 2 unspecified atom stereocenters. The smallest absolute Gasteiger partial charge is 0.0224 e. The Balaban J connectivity index is 1.95. The lowest BCUT2D eigenvalue weighted by Crippen LogP contribution is -2.49. The maximum atomic E-state index is 6.17. The minimum Gasteiger partial charge on any atom is -0.329 e. The van der Waals surface area contributed by atoms with Gasteiger partial charge in [0.05, 0.1) is 0 Å². The minimum absolute atomic E-state index is 0.620. The number of hydrogen-bond acceptors (Lipinski definition) is 3. The molecule has 2 fully saturated rings. The third-order valence-corrected chi connectivity index (χ3v) is 5.49. The van der Waals surface area contributed by atoms with Crippen LogP contribution in [0.3, 0.4) is 0 Å². The monoisotopic (exact) mass is 281 g/mol. The highest BCUT2D eigenvalue weighted by atomic mass is 15.3. The van der Waals surface area contributed by atoms with Crippen molar-refractivity contribution in [2.24, 2.45) is 11.7 Å². The van der Waals surface area contributed by atoms with Crippen LogP contribution >= 0.6 is 0 Å². The lowest BCUT2D eigenvalue weighted by atomic mass is 9.84. The summed E-state index contributed by atoms with van der Waals surface area (Å²) in [6, 6.07) is 1.33. The molecule has 0 radical (unpaired) electrons. The van der Waals surface area contributed by atoms with Crippen molar-refractivity contribution in [3.05, 3.63) is 0 Å². The number of nitrogens with zero attached hydrogens (tertiary/aromatic N) is 2. The maximum absolute atomic E-state index is 6.17. The van der Waals surface area contributed by atoms with E-state index in [2.05, 4.69) is 23.8 Å². The number of nitrogens with two attached hydrogens (primary N) is 1. The van der Waals surface area contributed by atoms with Crippen molar-refractivity contribution in [2.75, 3.05) is 33.2 Å². The topological polar surface area (TPSA) is 32.5 Å². The molecule has 0 aromatic rings. The molecule has 2 aliphatic rings. The van der Waals surface area contributed by atoms with Crippen molar-refractivity contribution in [3.63, 3.8) is 0 Å². The summed E-state index contributed by atoms with van der Waals surface area (Å²) in [5.74, 6) is 0.941. The van der Waals surface area contributed by atoms with E-state index < -0.39 is 0 Å². The predicted octanol–water partition coefficient (Wildman–Crippen LogP) is 2.70. The van der Waals surface area contributed by atoms with Gasteiger partial charge in [-0.15, -0.1) is 0 Å². The fraction of sp³-hybridized carbons (Fsp3) is 1.00. The Morgan fingerprint density at radius 2 is 1.85 bits per heavy atom. The highest BCUT2D eigenvalue weighted by Crippen LogP contribution is 2.29. The van der Waals surface area contributed by atoms with Crippen molar-refractivity contribution in [3.8, 4) is 0 Å². The Morgan fingerprint density at radius 1 is 1.10 bits per heavy atom. The van der Waals surface area contributed by atoms with E-state index in [1.54, 1.807) is 0 Å². The fourth-order valence-corrected chi connectivity index (χ4v) is 4.28. The summed E-state index contributed by atoms with van der Waals surface area (Å²) in [7, 11) is 2.27. The van der Waals surface area contributed by atoms with Crippen molar-refractivity contribution < 1.29 is 0 Å². The molecule has 0 amide bonds. The third-order valence-electron chi connectivity index (χ3n) is 5.49. The average molecular weight is 281 g/mol. The Kier molecular flexibility index (Phi) is 6.79. The van der Waals surface area contributed by atoms with Crippen LogP contribution in [0, 0.1) is 5.92 Å². The van der Waals surface area contributed by atoms with Crippen molar-refractivity contribution >= 4 is 0 Å². The van der Waals surface area contributed by atoms with Crippen LogP contribution in [0.2, 0.25) is 0 Å². The van der Waals surface area contributed by atoms with E-state index in [1.807, 2.05) is 0 Å². The van der Waals surface area contributed by atoms with Gasteiger partial charge in [0.1, 0.15) is 0 Å². The lowest BCUT2D eigenvalue weighted by Gasteiger charge is -2.38. The maximum Gasteiger partial charge on any atom is 0.0224 e. The van der Waals surface area contributed by atoms with E-state index in [9.17, 15) is 0 Å². The number of rotatable bonds is 5. The van der Waals surface area contributed by atoms with E-state index in [0.29, 0.717) is 12.1 Å². The normalized spacial score (nSPS) is 29.2. The van der Waals surface area contributed by atoms with Crippen LogP contribution in [0.15, 0.2) is 0 Å². The molecule has 1 saturated heterocycles. The van der Waals surface area contributed by atoms with E-state index >= 15 is 0 Å². The van der Waals surface area contributed by atoms with Crippen molar-refractivity contribution in [2.45, 2.75) is 70.4 Å². The molecule has 1 heterocycles. The van der Waals surface area contributed by atoms with Gasteiger partial charge in [-0.3, -0.25) is 4.90 Å². The van der Waals surface area contributed by atoms with Crippen LogP contribution in [0.4, 0.5) is 0 Å². The Bertz CT molecular complexity index is 263. The molecule has 1 saturated carbocycles. The number of hydrogen-bond donors (Lipinski definition) is 1. The molecule has 3 nitrogen and oxygen atoms in total.